The number of para-hydroxylation sites is 1. The minimum absolute atomic E-state index is 0.0103. The second-order valence-electron chi connectivity index (χ2n) is 9.52. The van der Waals surface area contributed by atoms with Gasteiger partial charge >= 0.3 is 5.97 Å². The van der Waals surface area contributed by atoms with Crippen molar-refractivity contribution in [3.63, 3.8) is 0 Å². The minimum atomic E-state index is -1.22. The lowest BCUT2D eigenvalue weighted by atomic mass is 10.0. The Labute approximate surface area is 220 Å². The van der Waals surface area contributed by atoms with Gasteiger partial charge in [0.15, 0.2) is 5.78 Å². The molecular weight excluding hydrogens is 486 g/mol. The van der Waals surface area contributed by atoms with Crippen LogP contribution in [0.1, 0.15) is 70.4 Å². The monoisotopic (exact) mass is 519 g/mol. The van der Waals surface area contributed by atoms with Gasteiger partial charge in [0.05, 0.1) is 5.56 Å². The fraction of sp³-hybridized carbons (Fsp3) is 0.393. The molecule has 0 bridgehead atoms. The predicted octanol–water partition coefficient (Wildman–Crippen LogP) is 2.51. The number of carbonyl (C=O) groups is 4. The normalized spacial score (nSPS) is 13.5. The van der Waals surface area contributed by atoms with Crippen LogP contribution >= 0.6 is 0 Å². The topological polar surface area (TPSA) is 153 Å². The Balaban J connectivity index is 1.22. The van der Waals surface area contributed by atoms with Crippen molar-refractivity contribution in [3.8, 4) is 0 Å². The van der Waals surface area contributed by atoms with Crippen LogP contribution in [0.25, 0.3) is 10.9 Å². The largest absolute Gasteiger partial charge is 0.480 e. The first-order valence-electron chi connectivity index (χ1n) is 12.9. The van der Waals surface area contributed by atoms with E-state index in [1.54, 1.807) is 24.3 Å². The van der Waals surface area contributed by atoms with E-state index in [1.165, 1.54) is 12.5 Å². The smallest absolute Gasteiger partial charge is 0.326 e. The summed E-state index contributed by atoms with van der Waals surface area (Å²) >= 11 is 0. The zero-order valence-corrected chi connectivity index (χ0v) is 21.4. The third-order valence-electron chi connectivity index (χ3n) is 6.71. The summed E-state index contributed by atoms with van der Waals surface area (Å²) in [7, 11) is 0. The molecule has 10 nitrogen and oxygen atoms in total. The number of carboxylic acids is 1. The SMILES string of the molecule is CC(=O)c1c(C(=O)NC(CCNC(=O)CCCCc2ccc3c(n2)CCNC3)C(=O)O)[nH]c2ccccc12. The van der Waals surface area contributed by atoms with Gasteiger partial charge in [0.2, 0.25) is 5.91 Å². The fourth-order valence-electron chi connectivity index (χ4n) is 4.72. The number of Topliss-reactive ketones (excluding diaryl/α,β-unsaturated/α-hetero) is 1. The summed E-state index contributed by atoms with van der Waals surface area (Å²) in [6.07, 6.45) is 3.60. The number of pyridine rings is 1. The number of ketones is 1. The highest BCUT2D eigenvalue weighted by atomic mass is 16.4. The van der Waals surface area contributed by atoms with Crippen molar-refractivity contribution >= 4 is 34.5 Å². The second kappa shape index (κ2) is 12.5. The molecule has 0 saturated carbocycles. The second-order valence-corrected chi connectivity index (χ2v) is 9.52. The van der Waals surface area contributed by atoms with Crippen molar-refractivity contribution in [2.75, 3.05) is 13.1 Å². The molecule has 0 spiro atoms. The van der Waals surface area contributed by atoms with Crippen LogP contribution in [0, 0.1) is 0 Å². The molecule has 0 aliphatic carbocycles. The van der Waals surface area contributed by atoms with Gasteiger partial charge in [0.25, 0.3) is 5.91 Å². The molecule has 200 valence electrons. The van der Waals surface area contributed by atoms with E-state index in [9.17, 15) is 24.3 Å². The number of rotatable bonds is 12. The maximum Gasteiger partial charge on any atom is 0.326 e. The van der Waals surface area contributed by atoms with Gasteiger partial charge in [-0.05, 0) is 50.3 Å². The van der Waals surface area contributed by atoms with E-state index in [-0.39, 0.29) is 35.9 Å². The number of carbonyl (C=O) groups excluding carboxylic acids is 3. The van der Waals surface area contributed by atoms with Gasteiger partial charge in [0, 0.05) is 54.8 Å². The number of unbranched alkanes of at least 4 members (excludes halogenated alkanes) is 1. The summed E-state index contributed by atoms with van der Waals surface area (Å²) in [5.74, 6) is -2.37. The van der Waals surface area contributed by atoms with E-state index < -0.39 is 17.9 Å². The molecule has 0 saturated heterocycles. The van der Waals surface area contributed by atoms with E-state index in [4.69, 9.17) is 4.98 Å². The molecule has 1 aliphatic rings. The number of H-pyrrole nitrogens is 1. The molecule has 4 rings (SSSR count). The lowest BCUT2D eigenvalue weighted by Crippen LogP contribution is -2.43. The summed E-state index contributed by atoms with van der Waals surface area (Å²) in [6, 6.07) is 9.94. The summed E-state index contributed by atoms with van der Waals surface area (Å²) in [5, 5.41) is 18.7. The molecule has 1 aliphatic heterocycles. The average Bonchev–Trinajstić information content (AvgIpc) is 3.30. The van der Waals surface area contributed by atoms with Crippen molar-refractivity contribution in [2.45, 2.75) is 58.0 Å². The van der Waals surface area contributed by atoms with Gasteiger partial charge in [-0.25, -0.2) is 4.79 Å². The van der Waals surface area contributed by atoms with Crippen LogP contribution in [0.4, 0.5) is 0 Å². The minimum Gasteiger partial charge on any atom is -0.480 e. The first-order chi connectivity index (χ1) is 18.3. The highest BCUT2D eigenvalue weighted by Gasteiger charge is 2.25. The molecule has 0 radical (unpaired) electrons. The number of aromatic amines is 1. The molecule has 3 heterocycles. The molecule has 5 N–H and O–H groups in total. The maximum absolute atomic E-state index is 12.9. The molecule has 1 unspecified atom stereocenters. The third-order valence-corrected chi connectivity index (χ3v) is 6.71. The van der Waals surface area contributed by atoms with E-state index in [0.717, 1.165) is 43.7 Å². The lowest BCUT2D eigenvalue weighted by Gasteiger charge is -2.16. The summed E-state index contributed by atoms with van der Waals surface area (Å²) in [6.45, 7) is 3.26. The lowest BCUT2D eigenvalue weighted by molar-refractivity contribution is -0.139. The highest BCUT2D eigenvalue weighted by molar-refractivity contribution is 6.15. The van der Waals surface area contributed by atoms with Crippen LogP contribution < -0.4 is 16.0 Å². The van der Waals surface area contributed by atoms with Crippen molar-refractivity contribution < 1.29 is 24.3 Å². The van der Waals surface area contributed by atoms with Gasteiger partial charge in [-0.15, -0.1) is 0 Å². The molecule has 1 aromatic carbocycles. The van der Waals surface area contributed by atoms with Crippen LogP contribution in [-0.4, -0.2) is 57.8 Å². The summed E-state index contributed by atoms with van der Waals surface area (Å²) < 4.78 is 0. The number of aliphatic carboxylic acids is 1. The molecule has 2 aromatic heterocycles. The highest BCUT2D eigenvalue weighted by Crippen LogP contribution is 2.23. The fourth-order valence-corrected chi connectivity index (χ4v) is 4.72. The van der Waals surface area contributed by atoms with E-state index >= 15 is 0 Å². The number of fused-ring (bicyclic) bond motifs is 2. The average molecular weight is 520 g/mol. The number of hydrogen-bond donors (Lipinski definition) is 5. The maximum atomic E-state index is 12.9. The van der Waals surface area contributed by atoms with Gasteiger partial charge in [0.1, 0.15) is 11.7 Å². The molecule has 0 fully saturated rings. The van der Waals surface area contributed by atoms with Gasteiger partial charge < -0.3 is 26.0 Å². The van der Waals surface area contributed by atoms with Crippen LogP contribution in [0.2, 0.25) is 0 Å². The predicted molar refractivity (Wildman–Crippen MR) is 142 cm³/mol. The van der Waals surface area contributed by atoms with Gasteiger partial charge in [-0.2, -0.15) is 0 Å². The Bertz CT molecular complexity index is 1350. The van der Waals surface area contributed by atoms with Crippen LogP contribution in [0.5, 0.6) is 0 Å². The van der Waals surface area contributed by atoms with Gasteiger partial charge in [-0.1, -0.05) is 24.3 Å². The van der Waals surface area contributed by atoms with Crippen molar-refractivity contribution in [1.82, 2.24) is 25.9 Å². The van der Waals surface area contributed by atoms with E-state index in [1.807, 2.05) is 6.07 Å². The van der Waals surface area contributed by atoms with Crippen LogP contribution in [0.15, 0.2) is 36.4 Å². The van der Waals surface area contributed by atoms with Gasteiger partial charge in [-0.3, -0.25) is 19.4 Å². The Morgan fingerprint density at radius 1 is 1.11 bits per heavy atom. The standard InChI is InChI=1S/C28H33N5O5/c1-17(34)25-20-7-3-4-8-22(20)32-26(25)27(36)33-23(28(37)38)13-15-30-24(35)9-5-2-6-19-11-10-18-16-29-14-12-21(18)31-19/h3-4,7-8,10-11,23,29,32H,2,5-6,9,12-16H2,1H3,(H,30,35)(H,33,36)(H,37,38). The first-order valence-corrected chi connectivity index (χ1v) is 12.9. The summed E-state index contributed by atoms with van der Waals surface area (Å²) in [5.41, 5.74) is 4.30. The van der Waals surface area contributed by atoms with Crippen molar-refractivity contribution in [2.24, 2.45) is 0 Å². The third kappa shape index (κ3) is 6.63. The zero-order valence-electron chi connectivity index (χ0n) is 21.4. The zero-order chi connectivity index (χ0) is 27.1. The number of hydrogen-bond acceptors (Lipinski definition) is 6. The number of amides is 2. The van der Waals surface area contributed by atoms with Crippen LogP contribution in [-0.2, 0) is 29.0 Å². The molecule has 3 aromatic rings. The Morgan fingerprint density at radius 3 is 2.71 bits per heavy atom. The Morgan fingerprint density at radius 2 is 1.92 bits per heavy atom. The molecule has 1 atom stereocenters. The van der Waals surface area contributed by atoms with Crippen molar-refractivity contribution in [1.29, 1.82) is 0 Å². The molecule has 10 heteroatoms. The van der Waals surface area contributed by atoms with E-state index in [2.05, 4.69) is 27.0 Å². The Kier molecular flexibility index (Phi) is 8.85. The molecular formula is C28H33N5O5. The number of aromatic nitrogens is 2. The van der Waals surface area contributed by atoms with Crippen molar-refractivity contribution in [3.05, 3.63) is 64.6 Å². The molecule has 38 heavy (non-hydrogen) atoms. The number of nitrogens with one attached hydrogen (secondary N) is 4. The quantitative estimate of drug-likeness (QED) is 0.182. The number of nitrogens with zero attached hydrogens (tertiary/aromatic N) is 1. The molecule has 2 amide bonds. The number of benzene rings is 1. The van der Waals surface area contributed by atoms with Crippen LogP contribution in [0.3, 0.4) is 0 Å². The number of aryl methyl sites for hydroxylation is 1. The number of carboxylic acid groups (broad SMARTS) is 1. The van der Waals surface area contributed by atoms with E-state index in [0.29, 0.717) is 23.7 Å². The Hall–Kier alpha value is -4.05. The first kappa shape index (κ1) is 27.0. The summed E-state index contributed by atoms with van der Waals surface area (Å²) in [4.78, 5) is 56.7.